The van der Waals surface area contributed by atoms with Gasteiger partial charge in [-0.05, 0) is 38.5 Å². The molecule has 0 aromatic rings. The number of phosphoric ester groups is 1. The van der Waals surface area contributed by atoms with Gasteiger partial charge in [0.25, 0.3) is 0 Å². The highest BCUT2D eigenvalue weighted by molar-refractivity contribution is 7.47. The molecule has 1 saturated carbocycles. The molecule has 0 bridgehead atoms. The van der Waals surface area contributed by atoms with E-state index in [4.69, 9.17) is 18.5 Å². The molecule has 0 saturated heterocycles. The van der Waals surface area contributed by atoms with Crippen LogP contribution in [0.25, 0.3) is 0 Å². The molecule has 1 aliphatic rings. The number of ether oxygens (including phenoxy) is 2. The van der Waals surface area contributed by atoms with Crippen molar-refractivity contribution in [2.75, 3.05) is 19.8 Å². The zero-order valence-electron chi connectivity index (χ0n) is 40.9. The minimum atomic E-state index is -5.02. The summed E-state index contributed by atoms with van der Waals surface area (Å²) in [5.41, 5.74) is 0. The number of allylic oxidation sites excluding steroid dienone is 2. The topological polar surface area (TPSA) is 192 Å². The van der Waals surface area contributed by atoms with E-state index in [1.54, 1.807) is 0 Å². The molecule has 1 rings (SSSR count). The maximum Gasteiger partial charge on any atom is 0.472 e. The van der Waals surface area contributed by atoms with Crippen LogP contribution in [0.1, 0.15) is 245 Å². The molecule has 0 aromatic carbocycles. The molecule has 380 valence electrons. The van der Waals surface area contributed by atoms with Gasteiger partial charge in [0.15, 0.2) is 0 Å². The Bertz CT molecular complexity index is 1110. The first-order valence-electron chi connectivity index (χ1n) is 26.5. The summed E-state index contributed by atoms with van der Waals surface area (Å²) in [6.07, 6.45) is 35.8. The molecular formula is C51H99O12P. The standard InChI is InChI=1S/C51H99O12P/c1-3-5-7-9-11-13-15-17-18-19-20-21-22-23-24-25-26-27-29-31-33-35-37-39-41-60-42-44(43-61-64(58,59)63-51-49(56)47(54)46(53)48(55)50(51)57)62-45(52)40-38-36-34-32-30-28-16-14-12-10-8-6-4-2/h14,16,44,46-51,53-57H,3-13,15,17-43H2,1-2H3,(H,58,59)/b16-14-. The molecule has 6 N–H and O–H groups in total. The molecule has 12 nitrogen and oxygen atoms in total. The quantitative estimate of drug-likeness (QED) is 0.0147. The number of carbonyl (C=O) groups excluding carboxylic acids is 1. The number of aliphatic hydroxyl groups excluding tert-OH is 5. The van der Waals surface area contributed by atoms with Crippen molar-refractivity contribution in [1.29, 1.82) is 0 Å². The van der Waals surface area contributed by atoms with Gasteiger partial charge < -0.3 is 39.9 Å². The van der Waals surface area contributed by atoms with E-state index in [9.17, 15) is 39.8 Å². The minimum Gasteiger partial charge on any atom is -0.457 e. The first-order chi connectivity index (χ1) is 31.0. The monoisotopic (exact) mass is 935 g/mol. The van der Waals surface area contributed by atoms with E-state index < -0.39 is 63.1 Å². The average molecular weight is 935 g/mol. The van der Waals surface area contributed by atoms with Crippen LogP contribution in [0.15, 0.2) is 12.2 Å². The number of unbranched alkanes of at least 4 members (excludes halogenated alkanes) is 32. The third-order valence-electron chi connectivity index (χ3n) is 12.6. The van der Waals surface area contributed by atoms with Gasteiger partial charge in [-0.3, -0.25) is 13.8 Å². The Hall–Kier alpha value is -0.920. The van der Waals surface area contributed by atoms with Crippen molar-refractivity contribution < 1.29 is 58.3 Å². The van der Waals surface area contributed by atoms with Gasteiger partial charge in [-0.1, -0.05) is 212 Å². The van der Waals surface area contributed by atoms with Crippen molar-refractivity contribution in [3.05, 3.63) is 12.2 Å². The number of phosphoric acid groups is 1. The Kier molecular flexibility index (Phi) is 40.3. The first-order valence-corrected chi connectivity index (χ1v) is 28.0. The Morgan fingerprint density at radius 3 is 1.25 bits per heavy atom. The van der Waals surface area contributed by atoms with Crippen molar-refractivity contribution >= 4 is 13.8 Å². The highest BCUT2D eigenvalue weighted by Crippen LogP contribution is 2.47. The molecule has 13 heteroatoms. The normalized spacial score (nSPS) is 21.7. The van der Waals surface area contributed by atoms with Gasteiger partial charge in [-0.2, -0.15) is 0 Å². The number of hydrogen-bond acceptors (Lipinski definition) is 11. The van der Waals surface area contributed by atoms with Gasteiger partial charge in [0.05, 0.1) is 13.2 Å². The first kappa shape index (κ1) is 61.1. The fraction of sp³-hybridized carbons (Fsp3) is 0.941. The summed E-state index contributed by atoms with van der Waals surface area (Å²) in [7, 11) is -5.02. The van der Waals surface area contributed by atoms with Crippen molar-refractivity contribution in [2.45, 2.75) is 288 Å². The molecule has 0 spiro atoms. The highest BCUT2D eigenvalue weighted by atomic mass is 31.2. The van der Waals surface area contributed by atoms with Crippen LogP contribution in [0, 0.1) is 0 Å². The molecule has 0 amide bonds. The van der Waals surface area contributed by atoms with E-state index in [-0.39, 0.29) is 13.0 Å². The van der Waals surface area contributed by atoms with Crippen molar-refractivity contribution in [3.8, 4) is 0 Å². The second kappa shape index (κ2) is 42.2. The number of rotatable bonds is 46. The number of carbonyl (C=O) groups is 1. The molecule has 0 aliphatic heterocycles. The second-order valence-electron chi connectivity index (χ2n) is 18.7. The van der Waals surface area contributed by atoms with Gasteiger partial charge >= 0.3 is 13.8 Å². The van der Waals surface area contributed by atoms with Crippen LogP contribution in [-0.4, -0.2) is 98.9 Å². The zero-order valence-corrected chi connectivity index (χ0v) is 41.7. The number of hydrogen-bond donors (Lipinski definition) is 6. The van der Waals surface area contributed by atoms with Crippen molar-refractivity contribution in [1.82, 2.24) is 0 Å². The number of aliphatic hydroxyl groups is 5. The van der Waals surface area contributed by atoms with Crippen molar-refractivity contribution in [2.24, 2.45) is 0 Å². The molecule has 1 fully saturated rings. The predicted molar refractivity (Wildman–Crippen MR) is 258 cm³/mol. The summed E-state index contributed by atoms with van der Waals surface area (Å²) in [6.45, 7) is 4.28. The lowest BCUT2D eigenvalue weighted by Gasteiger charge is -2.41. The van der Waals surface area contributed by atoms with Crippen LogP contribution in [0.5, 0.6) is 0 Å². The average Bonchev–Trinajstić information content (AvgIpc) is 3.28. The summed E-state index contributed by atoms with van der Waals surface area (Å²) in [5.74, 6) is -0.481. The lowest BCUT2D eigenvalue weighted by atomic mass is 9.85. The predicted octanol–water partition coefficient (Wildman–Crippen LogP) is 11.9. The summed E-state index contributed by atoms with van der Waals surface area (Å²) in [6, 6.07) is 0. The molecule has 6 atom stereocenters. The zero-order chi connectivity index (χ0) is 46.9. The Morgan fingerprint density at radius 1 is 0.484 bits per heavy atom. The van der Waals surface area contributed by atoms with E-state index >= 15 is 0 Å². The van der Waals surface area contributed by atoms with Crippen LogP contribution in [0.2, 0.25) is 0 Å². The van der Waals surface area contributed by atoms with Gasteiger partial charge in [0.2, 0.25) is 0 Å². The fourth-order valence-electron chi connectivity index (χ4n) is 8.41. The van der Waals surface area contributed by atoms with Gasteiger partial charge in [0.1, 0.15) is 42.7 Å². The van der Waals surface area contributed by atoms with Crippen LogP contribution in [-0.2, 0) is 27.9 Å². The minimum absolute atomic E-state index is 0.0739. The van der Waals surface area contributed by atoms with Crippen LogP contribution < -0.4 is 0 Å². The SMILES string of the molecule is CCCCCC/C=C\CCCCCCCC(=O)OC(COCCCCCCCCCCCCCCCCCCCCCCCCCC)COP(=O)(O)OC1C(O)C(O)C(O)C(O)C1O. The number of esters is 1. The third kappa shape index (κ3) is 33.5. The van der Waals surface area contributed by atoms with Gasteiger partial charge in [-0.25, -0.2) is 4.57 Å². The maximum atomic E-state index is 12.8. The Morgan fingerprint density at radius 2 is 0.828 bits per heavy atom. The Labute approximate surface area is 390 Å². The lowest BCUT2D eigenvalue weighted by Crippen LogP contribution is -2.64. The van der Waals surface area contributed by atoms with Crippen molar-refractivity contribution in [3.63, 3.8) is 0 Å². The Balaban J connectivity index is 2.26. The summed E-state index contributed by atoms with van der Waals surface area (Å²) in [5, 5.41) is 50.3. The molecule has 6 unspecified atom stereocenters. The second-order valence-corrected chi connectivity index (χ2v) is 20.1. The molecule has 1 aliphatic carbocycles. The summed E-state index contributed by atoms with van der Waals surface area (Å²) >= 11 is 0. The molecule has 64 heavy (non-hydrogen) atoms. The molecule has 0 radical (unpaired) electrons. The largest absolute Gasteiger partial charge is 0.472 e. The van der Waals surface area contributed by atoms with Gasteiger partial charge in [-0.15, -0.1) is 0 Å². The maximum absolute atomic E-state index is 12.8. The molecule has 0 heterocycles. The molecular weight excluding hydrogens is 836 g/mol. The smallest absolute Gasteiger partial charge is 0.457 e. The van der Waals surface area contributed by atoms with Crippen LogP contribution >= 0.6 is 7.82 Å². The van der Waals surface area contributed by atoms with E-state index in [2.05, 4.69) is 26.0 Å². The highest BCUT2D eigenvalue weighted by Gasteiger charge is 2.51. The van der Waals surface area contributed by atoms with E-state index in [0.29, 0.717) is 13.0 Å². The lowest BCUT2D eigenvalue weighted by molar-refractivity contribution is -0.220. The third-order valence-corrected chi connectivity index (χ3v) is 13.6. The van der Waals surface area contributed by atoms with E-state index in [0.717, 1.165) is 57.8 Å². The summed E-state index contributed by atoms with van der Waals surface area (Å²) < 4.78 is 34.3. The molecule has 0 aromatic heterocycles. The van der Waals surface area contributed by atoms with Crippen LogP contribution in [0.3, 0.4) is 0 Å². The van der Waals surface area contributed by atoms with Crippen LogP contribution in [0.4, 0.5) is 0 Å². The summed E-state index contributed by atoms with van der Waals surface area (Å²) in [4.78, 5) is 23.2. The van der Waals surface area contributed by atoms with E-state index in [1.165, 1.54) is 161 Å². The fourth-order valence-corrected chi connectivity index (χ4v) is 9.38. The van der Waals surface area contributed by atoms with E-state index in [1.807, 2.05) is 0 Å². The van der Waals surface area contributed by atoms with Gasteiger partial charge in [0, 0.05) is 13.0 Å².